The van der Waals surface area contributed by atoms with Gasteiger partial charge in [-0.05, 0) is 35.4 Å². The van der Waals surface area contributed by atoms with Gasteiger partial charge in [-0.3, -0.25) is 0 Å². The lowest BCUT2D eigenvalue weighted by molar-refractivity contribution is -2.00. The van der Waals surface area contributed by atoms with Gasteiger partial charge in [0.05, 0.1) is 9.75 Å². The van der Waals surface area contributed by atoms with Crippen LogP contribution in [0.15, 0.2) is 47.2 Å². The van der Waals surface area contributed by atoms with Gasteiger partial charge < -0.3 is 0 Å². The van der Waals surface area contributed by atoms with E-state index in [1.54, 1.807) is 22.7 Å². The second kappa shape index (κ2) is 7.50. The Morgan fingerprint density at radius 3 is 1.57 bits per heavy atom. The first-order valence-electron chi connectivity index (χ1n) is 6.46. The highest BCUT2D eigenvalue weighted by molar-refractivity contribution is 7.13. The van der Waals surface area contributed by atoms with Crippen LogP contribution < -0.4 is 23.2 Å². The van der Waals surface area contributed by atoms with E-state index in [1.165, 1.54) is 26.7 Å². The first-order chi connectivity index (χ1) is 10.8. The van der Waals surface area contributed by atoms with Crippen LogP contribution in [0.5, 0.6) is 0 Å². The van der Waals surface area contributed by atoms with Gasteiger partial charge >= 0.3 is 0 Å². The van der Waals surface area contributed by atoms with Crippen LogP contribution in [0.25, 0.3) is 21.1 Å². The highest BCUT2D eigenvalue weighted by Crippen LogP contribution is 2.27. The fourth-order valence-electron chi connectivity index (χ4n) is 2.12. The third-order valence-electron chi connectivity index (χ3n) is 3.00. The molecular weight excluding hydrogens is 358 g/mol. The molecule has 0 bridgehead atoms. The van der Waals surface area contributed by atoms with Gasteiger partial charge in [-0.15, -0.1) is 32.9 Å². The van der Waals surface area contributed by atoms with Crippen molar-refractivity contribution >= 4 is 22.7 Å². The van der Waals surface area contributed by atoms with Crippen molar-refractivity contribution in [3.05, 3.63) is 52.7 Å². The summed E-state index contributed by atoms with van der Waals surface area (Å²) in [6, 6.07) is 13.1. The molecule has 122 valence electrons. The number of rotatable bonds is 2. The molecule has 0 N–H and O–H groups in total. The molecule has 3 rings (SSSR count). The monoisotopic (exact) mass is 371 g/mol. The van der Waals surface area contributed by atoms with E-state index in [1.807, 2.05) is 0 Å². The molecule has 0 aliphatic heterocycles. The van der Waals surface area contributed by atoms with E-state index >= 15 is 0 Å². The van der Waals surface area contributed by atoms with Crippen LogP contribution in [-0.2, 0) is 7.05 Å². The second-order valence-corrected chi connectivity index (χ2v) is 7.35. The maximum absolute atomic E-state index is 8.49. The molecule has 3 aromatic rings. The molecule has 0 aliphatic rings. The summed E-state index contributed by atoms with van der Waals surface area (Å²) in [6.07, 6.45) is 0. The van der Waals surface area contributed by atoms with Crippen LogP contribution in [0.3, 0.4) is 0 Å². The lowest BCUT2D eigenvalue weighted by Gasteiger charge is -2.17. The normalized spacial score (nSPS) is 11.0. The minimum atomic E-state index is -4.94. The summed E-state index contributed by atoms with van der Waals surface area (Å²) in [7, 11) is -2.80. The predicted molar refractivity (Wildman–Crippen MR) is 79.0 cm³/mol. The molecule has 0 fully saturated rings. The smallest absolute Gasteiger partial charge is 0.222 e. The Morgan fingerprint density at radius 2 is 1.26 bits per heavy atom. The Bertz CT molecular complexity index is 691. The van der Waals surface area contributed by atoms with E-state index in [0.717, 1.165) is 0 Å². The largest absolute Gasteiger partial charge is 0.223 e. The maximum atomic E-state index is 8.49. The van der Waals surface area contributed by atoms with Gasteiger partial charge in [-0.1, -0.05) is 12.1 Å². The highest BCUT2D eigenvalue weighted by atomic mass is 35.7. The Kier molecular flexibility index (Phi) is 5.88. The molecule has 0 saturated carbocycles. The van der Waals surface area contributed by atoms with Crippen molar-refractivity contribution in [3.8, 4) is 21.1 Å². The van der Waals surface area contributed by atoms with Gasteiger partial charge in [-0.2, -0.15) is 4.57 Å². The molecule has 5 nitrogen and oxygen atoms in total. The van der Waals surface area contributed by atoms with E-state index < -0.39 is 10.2 Å². The lowest BCUT2D eigenvalue weighted by Crippen LogP contribution is -2.68. The highest BCUT2D eigenvalue weighted by Gasteiger charge is 2.18. The molecule has 0 amide bonds. The molecule has 8 heteroatoms. The van der Waals surface area contributed by atoms with Crippen LogP contribution in [0.4, 0.5) is 0 Å². The van der Waals surface area contributed by atoms with E-state index in [9.17, 15) is 0 Å². The van der Waals surface area contributed by atoms with E-state index in [2.05, 4.69) is 65.7 Å². The molecule has 0 saturated heterocycles. The predicted octanol–water partition coefficient (Wildman–Crippen LogP) is -0.479. The zero-order valence-corrected chi connectivity index (χ0v) is 14.8. The van der Waals surface area contributed by atoms with Crippen LogP contribution in [0, 0.1) is 17.2 Å². The van der Waals surface area contributed by atoms with Crippen LogP contribution in [0.2, 0.25) is 0 Å². The summed E-state index contributed by atoms with van der Waals surface area (Å²) in [5.74, 6) is 0. The Balaban J connectivity index is 0.000000338. The van der Waals surface area contributed by atoms with Gasteiger partial charge in [0, 0.05) is 12.1 Å². The topological polar surface area (TPSA) is 96.1 Å². The van der Waals surface area contributed by atoms with Crippen LogP contribution in [0.1, 0.15) is 5.56 Å². The summed E-state index contributed by atoms with van der Waals surface area (Å²) < 4.78 is 36.3. The zero-order valence-electron chi connectivity index (χ0n) is 12.4. The molecule has 0 atom stereocenters. The van der Waals surface area contributed by atoms with Crippen molar-refractivity contribution < 1.29 is 33.4 Å². The summed E-state index contributed by atoms with van der Waals surface area (Å²) in [6.45, 7) is 2.16. The lowest BCUT2D eigenvalue weighted by atomic mass is 10.1. The molecule has 0 aliphatic carbocycles. The van der Waals surface area contributed by atoms with Crippen LogP contribution >= 0.6 is 22.7 Å². The molecule has 0 spiro atoms. The van der Waals surface area contributed by atoms with Crippen molar-refractivity contribution in [2.75, 3.05) is 0 Å². The molecule has 0 aromatic carbocycles. The van der Waals surface area contributed by atoms with E-state index in [0.29, 0.717) is 0 Å². The minimum absolute atomic E-state index is 1.29. The standard InChI is InChI=1S/C15H14NS2.ClHO4/c1-11-9-12(14-5-3-7-17-14)16(2)13(10-11)15-6-4-8-18-15;2-1(3,4)5/h3-10H,1-2H3;(H,2,3,4,5)/q+1;/p-1. The fraction of sp³-hybridized carbons (Fsp3) is 0.133. The molecule has 3 heterocycles. The third kappa shape index (κ3) is 5.36. The molecule has 0 radical (unpaired) electrons. The van der Waals surface area contributed by atoms with Crippen LogP contribution in [-0.4, -0.2) is 0 Å². The number of nitrogens with zero attached hydrogens (tertiary/aromatic N) is 1. The maximum Gasteiger partial charge on any atom is 0.223 e. The summed E-state index contributed by atoms with van der Waals surface area (Å²) in [5.41, 5.74) is 3.88. The molecular formula is C15H14ClNO4S2. The van der Waals surface area contributed by atoms with E-state index in [-0.39, 0.29) is 0 Å². The quantitative estimate of drug-likeness (QED) is 0.568. The van der Waals surface area contributed by atoms with Gasteiger partial charge in [0.25, 0.3) is 0 Å². The Labute approximate surface area is 144 Å². The van der Waals surface area contributed by atoms with E-state index in [4.69, 9.17) is 18.6 Å². The SMILES string of the molecule is Cc1cc(-c2cccs2)[n+](C)c(-c2cccs2)c1.[O-][Cl+3]([O-])([O-])[O-]. The molecule has 23 heavy (non-hydrogen) atoms. The van der Waals surface area contributed by atoms with Crippen molar-refractivity contribution in [1.29, 1.82) is 0 Å². The summed E-state index contributed by atoms with van der Waals surface area (Å²) >= 11 is 3.57. The third-order valence-corrected chi connectivity index (χ3v) is 4.78. The van der Waals surface area contributed by atoms with Gasteiger partial charge in [0.2, 0.25) is 11.4 Å². The summed E-state index contributed by atoms with van der Waals surface area (Å²) in [4.78, 5) is 2.64. The van der Waals surface area contributed by atoms with Crippen molar-refractivity contribution in [2.24, 2.45) is 7.05 Å². The van der Waals surface area contributed by atoms with Gasteiger partial charge in [0.15, 0.2) is 0 Å². The Hall–Kier alpha value is -1.32. The molecule has 3 aromatic heterocycles. The summed E-state index contributed by atoms with van der Waals surface area (Å²) in [5, 5.41) is 4.25. The number of pyridine rings is 1. The van der Waals surface area contributed by atoms with Crippen molar-refractivity contribution in [2.45, 2.75) is 6.92 Å². The molecule has 0 unspecified atom stereocenters. The number of thiophene rings is 2. The number of hydrogen-bond acceptors (Lipinski definition) is 6. The van der Waals surface area contributed by atoms with Gasteiger partial charge in [-0.25, -0.2) is 18.6 Å². The number of hydrogen-bond donors (Lipinski definition) is 0. The first-order valence-corrected chi connectivity index (χ1v) is 9.45. The average molecular weight is 372 g/mol. The number of aryl methyl sites for hydroxylation is 1. The second-order valence-electron chi connectivity index (χ2n) is 4.69. The number of halogens is 1. The average Bonchev–Trinajstić information content (AvgIpc) is 3.10. The number of aromatic nitrogens is 1. The first kappa shape index (κ1) is 18.0. The van der Waals surface area contributed by atoms with Crippen molar-refractivity contribution in [3.63, 3.8) is 0 Å². The fourth-order valence-corrected chi connectivity index (χ4v) is 3.67. The van der Waals surface area contributed by atoms with Gasteiger partial charge in [0.1, 0.15) is 7.05 Å². The minimum Gasteiger partial charge on any atom is -0.222 e. The Morgan fingerprint density at radius 1 is 0.870 bits per heavy atom. The zero-order chi connectivity index (χ0) is 17.0. The van der Waals surface area contributed by atoms with Crippen molar-refractivity contribution in [1.82, 2.24) is 0 Å².